The Labute approximate surface area is 141 Å². The van der Waals surface area contributed by atoms with Crippen LogP contribution in [0, 0.1) is 13.8 Å². The Bertz CT molecular complexity index is 874. The largest absolute Gasteiger partial charge is 0.497 e. The molecule has 1 aromatic heterocycles. The quantitative estimate of drug-likeness (QED) is 0.898. The smallest absolute Gasteiger partial charge is 0.244 e. The first-order chi connectivity index (χ1) is 11.3. The van der Waals surface area contributed by atoms with E-state index in [-0.39, 0.29) is 17.5 Å². The zero-order valence-corrected chi connectivity index (χ0v) is 15.0. The molecule has 1 atom stereocenters. The number of hydrogen-bond acceptors (Lipinski definition) is 5. The molecule has 1 unspecified atom stereocenters. The third kappa shape index (κ3) is 2.99. The lowest BCUT2D eigenvalue weighted by Gasteiger charge is -2.26. The summed E-state index contributed by atoms with van der Waals surface area (Å²) in [6.45, 7) is 3.72. The number of fused-ring (bicyclic) bond motifs is 1. The normalized spacial score (nSPS) is 17.2. The van der Waals surface area contributed by atoms with Crippen LogP contribution in [0.25, 0.3) is 0 Å². The molecule has 0 bridgehead atoms. The molecule has 130 valence electrons. The first-order valence-electron chi connectivity index (χ1n) is 7.64. The first-order valence-corrected chi connectivity index (χ1v) is 9.12. The van der Waals surface area contributed by atoms with Crippen molar-refractivity contribution >= 4 is 10.0 Å². The molecular formula is C16H21N3O4S. The van der Waals surface area contributed by atoms with E-state index in [9.17, 15) is 8.42 Å². The summed E-state index contributed by atoms with van der Waals surface area (Å²) in [7, 11) is -0.337. The number of benzene rings is 1. The van der Waals surface area contributed by atoms with E-state index in [2.05, 4.69) is 9.82 Å². The van der Waals surface area contributed by atoms with Crippen molar-refractivity contribution in [2.24, 2.45) is 7.05 Å². The molecule has 1 aliphatic heterocycles. The number of ether oxygens (including phenoxy) is 2. The lowest BCUT2D eigenvalue weighted by molar-refractivity contribution is 0.253. The molecule has 0 fully saturated rings. The van der Waals surface area contributed by atoms with E-state index >= 15 is 0 Å². The van der Waals surface area contributed by atoms with Crippen molar-refractivity contribution < 1.29 is 17.9 Å². The molecule has 2 heterocycles. The highest BCUT2D eigenvalue weighted by atomic mass is 32.2. The van der Waals surface area contributed by atoms with Gasteiger partial charge in [-0.3, -0.25) is 4.68 Å². The zero-order valence-electron chi connectivity index (χ0n) is 14.2. The Hall–Kier alpha value is -2.06. The molecule has 7 nitrogen and oxygen atoms in total. The molecule has 0 spiro atoms. The van der Waals surface area contributed by atoms with Gasteiger partial charge in [0.25, 0.3) is 0 Å². The van der Waals surface area contributed by atoms with Crippen molar-refractivity contribution in [1.82, 2.24) is 14.5 Å². The van der Waals surface area contributed by atoms with Crippen LogP contribution < -0.4 is 14.2 Å². The molecule has 3 rings (SSSR count). The first kappa shape index (κ1) is 16.8. The highest BCUT2D eigenvalue weighted by molar-refractivity contribution is 7.89. The van der Waals surface area contributed by atoms with E-state index in [0.29, 0.717) is 17.8 Å². The summed E-state index contributed by atoms with van der Waals surface area (Å²) in [4.78, 5) is 0.237. The van der Waals surface area contributed by atoms with Gasteiger partial charge in [0.1, 0.15) is 23.0 Å². The maximum atomic E-state index is 12.7. The second-order valence-electron chi connectivity index (χ2n) is 5.93. The topological polar surface area (TPSA) is 82.5 Å². The van der Waals surface area contributed by atoms with Crippen LogP contribution in [-0.4, -0.2) is 38.0 Å². The standard InChI is InChI=1S/C16H21N3O4S/c1-10-16(11(2)19(3)17-10)24(20,21)18-13-7-12-8-14(22-4)5-6-15(12)23-9-13/h5-6,8,13,18H,7,9H2,1-4H3. The average molecular weight is 351 g/mol. The lowest BCUT2D eigenvalue weighted by Crippen LogP contribution is -2.42. The SMILES string of the molecule is COc1ccc2c(c1)CC(NS(=O)(=O)c1c(C)nn(C)c1C)CO2. The van der Waals surface area contributed by atoms with Gasteiger partial charge in [0.05, 0.1) is 24.5 Å². The summed E-state index contributed by atoms with van der Waals surface area (Å²) in [5.41, 5.74) is 2.02. The second-order valence-corrected chi connectivity index (χ2v) is 7.58. The summed E-state index contributed by atoms with van der Waals surface area (Å²) in [5, 5.41) is 4.18. The van der Waals surface area contributed by atoms with Gasteiger partial charge in [-0.1, -0.05) is 0 Å². The minimum atomic E-state index is -3.66. The number of methoxy groups -OCH3 is 1. The van der Waals surface area contributed by atoms with Crippen LogP contribution in [0.15, 0.2) is 23.1 Å². The number of aryl methyl sites for hydroxylation is 2. The van der Waals surface area contributed by atoms with Gasteiger partial charge >= 0.3 is 0 Å². The van der Waals surface area contributed by atoms with E-state index in [1.54, 1.807) is 32.7 Å². The van der Waals surface area contributed by atoms with E-state index in [0.717, 1.165) is 17.1 Å². The van der Waals surface area contributed by atoms with Gasteiger partial charge < -0.3 is 9.47 Å². The number of sulfonamides is 1. The highest BCUT2D eigenvalue weighted by Gasteiger charge is 2.29. The third-order valence-corrected chi connectivity index (χ3v) is 5.98. The number of rotatable bonds is 4. The maximum Gasteiger partial charge on any atom is 0.244 e. The lowest BCUT2D eigenvalue weighted by atomic mass is 10.0. The van der Waals surface area contributed by atoms with Crippen LogP contribution in [0.1, 0.15) is 17.0 Å². The van der Waals surface area contributed by atoms with E-state index in [1.807, 2.05) is 18.2 Å². The highest BCUT2D eigenvalue weighted by Crippen LogP contribution is 2.29. The van der Waals surface area contributed by atoms with Crippen molar-refractivity contribution in [1.29, 1.82) is 0 Å². The molecule has 0 saturated heterocycles. The van der Waals surface area contributed by atoms with E-state index in [4.69, 9.17) is 9.47 Å². The fourth-order valence-electron chi connectivity index (χ4n) is 2.99. The van der Waals surface area contributed by atoms with Gasteiger partial charge in [0.2, 0.25) is 10.0 Å². The van der Waals surface area contributed by atoms with Gasteiger partial charge in [-0.05, 0) is 44.0 Å². The van der Waals surface area contributed by atoms with Gasteiger partial charge in [0, 0.05) is 7.05 Å². The molecule has 0 saturated carbocycles. The van der Waals surface area contributed by atoms with Crippen LogP contribution in [0.3, 0.4) is 0 Å². The summed E-state index contributed by atoms with van der Waals surface area (Å²) in [6, 6.07) is 5.20. The summed E-state index contributed by atoms with van der Waals surface area (Å²) < 4.78 is 40.7. The summed E-state index contributed by atoms with van der Waals surface area (Å²) in [6.07, 6.45) is 0.546. The van der Waals surface area contributed by atoms with Crippen molar-refractivity contribution in [3.63, 3.8) is 0 Å². The minimum Gasteiger partial charge on any atom is -0.497 e. The monoisotopic (exact) mass is 351 g/mol. The molecule has 1 aromatic carbocycles. The fraction of sp³-hybridized carbons (Fsp3) is 0.438. The molecule has 1 N–H and O–H groups in total. The Morgan fingerprint density at radius 1 is 1.38 bits per heavy atom. The molecule has 8 heteroatoms. The van der Waals surface area contributed by atoms with Crippen molar-refractivity contribution in [2.75, 3.05) is 13.7 Å². The molecule has 0 aliphatic carbocycles. The van der Waals surface area contributed by atoms with Gasteiger partial charge in [0.15, 0.2) is 0 Å². The van der Waals surface area contributed by atoms with Crippen LogP contribution in [0.4, 0.5) is 0 Å². The summed E-state index contributed by atoms with van der Waals surface area (Å²) >= 11 is 0. The Morgan fingerprint density at radius 2 is 2.12 bits per heavy atom. The third-order valence-electron chi connectivity index (χ3n) is 4.21. The molecular weight excluding hydrogens is 330 g/mol. The van der Waals surface area contributed by atoms with E-state index in [1.165, 1.54) is 0 Å². The number of aromatic nitrogens is 2. The molecule has 0 radical (unpaired) electrons. The van der Waals surface area contributed by atoms with Crippen LogP contribution in [-0.2, 0) is 23.5 Å². The molecule has 1 aliphatic rings. The van der Waals surface area contributed by atoms with Crippen LogP contribution in [0.2, 0.25) is 0 Å². The predicted molar refractivity (Wildman–Crippen MR) is 89.0 cm³/mol. The Kier molecular flexibility index (Phi) is 4.27. The minimum absolute atomic E-state index is 0.237. The van der Waals surface area contributed by atoms with Gasteiger partial charge in [-0.25, -0.2) is 13.1 Å². The number of nitrogens with one attached hydrogen (secondary N) is 1. The van der Waals surface area contributed by atoms with Crippen LogP contribution >= 0.6 is 0 Å². The Morgan fingerprint density at radius 3 is 2.75 bits per heavy atom. The zero-order chi connectivity index (χ0) is 17.5. The Balaban J connectivity index is 1.84. The summed E-state index contributed by atoms with van der Waals surface area (Å²) in [5.74, 6) is 1.49. The molecule has 0 amide bonds. The van der Waals surface area contributed by atoms with Crippen molar-refractivity contribution in [2.45, 2.75) is 31.2 Å². The predicted octanol–water partition coefficient (Wildman–Crippen LogP) is 1.33. The average Bonchev–Trinajstić information content (AvgIpc) is 2.79. The maximum absolute atomic E-state index is 12.7. The van der Waals surface area contributed by atoms with Gasteiger partial charge in [-0.15, -0.1) is 0 Å². The number of hydrogen-bond donors (Lipinski definition) is 1. The molecule has 2 aromatic rings. The fourth-order valence-corrected chi connectivity index (χ4v) is 4.65. The van der Waals surface area contributed by atoms with Crippen molar-refractivity contribution in [3.8, 4) is 11.5 Å². The van der Waals surface area contributed by atoms with Crippen molar-refractivity contribution in [3.05, 3.63) is 35.2 Å². The van der Waals surface area contributed by atoms with E-state index < -0.39 is 10.0 Å². The number of nitrogens with zero attached hydrogens (tertiary/aromatic N) is 2. The van der Waals surface area contributed by atoms with Gasteiger partial charge in [-0.2, -0.15) is 5.10 Å². The second kappa shape index (κ2) is 6.10. The van der Waals surface area contributed by atoms with Crippen LogP contribution in [0.5, 0.6) is 11.5 Å². The molecule has 24 heavy (non-hydrogen) atoms.